The average molecular weight is 370 g/mol. The Balaban J connectivity index is 2.17. The van der Waals surface area contributed by atoms with Crippen molar-refractivity contribution in [1.29, 1.82) is 0 Å². The highest BCUT2D eigenvalue weighted by molar-refractivity contribution is 5.54. The fraction of sp³-hybridized carbons (Fsp3) is 0.478. The second-order valence-corrected chi connectivity index (χ2v) is 8.20. The maximum absolute atomic E-state index is 5.67. The number of fused-ring (bicyclic) bond motifs is 1. The van der Waals surface area contributed by atoms with Crippen LogP contribution in [-0.2, 0) is 11.8 Å². The van der Waals surface area contributed by atoms with E-state index in [-0.39, 0.29) is 11.5 Å². The van der Waals surface area contributed by atoms with E-state index in [4.69, 9.17) is 14.2 Å². The Morgan fingerprint density at radius 3 is 2.07 bits per heavy atom. The number of hydrogen-bond donors (Lipinski definition) is 1. The zero-order chi connectivity index (χ0) is 19.8. The Labute approximate surface area is 162 Å². The zero-order valence-corrected chi connectivity index (χ0v) is 17.5. The minimum Gasteiger partial charge on any atom is -0.496 e. The molecular formula is C23H31NO3. The average Bonchev–Trinajstić information content (AvgIpc) is 2.65. The van der Waals surface area contributed by atoms with Crippen LogP contribution >= 0.6 is 0 Å². The number of rotatable bonds is 4. The predicted octanol–water partition coefficient (Wildman–Crippen LogP) is 4.55. The highest BCUT2D eigenvalue weighted by Gasteiger charge is 2.28. The summed E-state index contributed by atoms with van der Waals surface area (Å²) in [6.45, 7) is 9.75. The second kappa shape index (κ2) is 7.43. The monoisotopic (exact) mass is 369 g/mol. The van der Waals surface area contributed by atoms with Gasteiger partial charge in [-0.15, -0.1) is 0 Å². The first-order chi connectivity index (χ1) is 12.8. The van der Waals surface area contributed by atoms with Crippen LogP contribution in [0.1, 0.15) is 54.6 Å². The highest BCUT2D eigenvalue weighted by atomic mass is 16.5. The topological polar surface area (TPSA) is 39.7 Å². The second-order valence-electron chi connectivity index (χ2n) is 8.20. The minimum atomic E-state index is 0.00287. The van der Waals surface area contributed by atoms with Gasteiger partial charge in [0.1, 0.15) is 5.75 Å². The molecule has 1 N–H and O–H groups in total. The number of methoxy groups -OCH3 is 3. The molecule has 0 radical (unpaired) electrons. The van der Waals surface area contributed by atoms with Crippen LogP contribution in [0, 0.1) is 6.92 Å². The normalized spacial score (nSPS) is 16.6. The number of hydrogen-bond acceptors (Lipinski definition) is 4. The van der Waals surface area contributed by atoms with E-state index in [1.807, 2.05) is 0 Å². The fourth-order valence-corrected chi connectivity index (χ4v) is 3.92. The molecule has 4 heteroatoms. The number of nitrogens with one attached hydrogen (secondary N) is 1. The smallest absolute Gasteiger partial charge is 0.161 e. The summed E-state index contributed by atoms with van der Waals surface area (Å²) in [4.78, 5) is 0. The zero-order valence-electron chi connectivity index (χ0n) is 17.5. The van der Waals surface area contributed by atoms with E-state index in [1.54, 1.807) is 21.3 Å². The molecule has 1 aliphatic heterocycles. The van der Waals surface area contributed by atoms with Gasteiger partial charge < -0.3 is 19.5 Å². The summed E-state index contributed by atoms with van der Waals surface area (Å²) < 4.78 is 16.7. The molecular weight excluding hydrogens is 338 g/mol. The molecule has 0 bridgehead atoms. The molecule has 0 saturated heterocycles. The van der Waals surface area contributed by atoms with Crippen LogP contribution in [-0.4, -0.2) is 27.9 Å². The van der Waals surface area contributed by atoms with Crippen molar-refractivity contribution in [3.8, 4) is 17.2 Å². The van der Waals surface area contributed by atoms with Crippen molar-refractivity contribution in [3.63, 3.8) is 0 Å². The predicted molar refractivity (Wildman–Crippen MR) is 110 cm³/mol. The van der Waals surface area contributed by atoms with Crippen LogP contribution in [0.3, 0.4) is 0 Å². The molecule has 1 atom stereocenters. The summed E-state index contributed by atoms with van der Waals surface area (Å²) >= 11 is 0. The summed E-state index contributed by atoms with van der Waals surface area (Å²) in [5, 5.41) is 3.70. The summed E-state index contributed by atoms with van der Waals surface area (Å²) in [5.41, 5.74) is 6.30. The molecule has 1 unspecified atom stereocenters. The summed E-state index contributed by atoms with van der Waals surface area (Å²) in [6, 6.07) is 8.82. The van der Waals surface area contributed by atoms with Crippen molar-refractivity contribution < 1.29 is 14.2 Å². The third-order valence-electron chi connectivity index (χ3n) is 5.41. The van der Waals surface area contributed by atoms with Gasteiger partial charge in [0.25, 0.3) is 0 Å². The lowest BCUT2D eigenvalue weighted by Crippen LogP contribution is -2.31. The molecule has 2 aromatic rings. The van der Waals surface area contributed by atoms with Crippen molar-refractivity contribution in [2.45, 2.75) is 45.6 Å². The van der Waals surface area contributed by atoms with Gasteiger partial charge in [0, 0.05) is 6.54 Å². The van der Waals surface area contributed by atoms with Gasteiger partial charge in [0.2, 0.25) is 0 Å². The molecule has 0 aromatic heterocycles. The minimum absolute atomic E-state index is 0.00287. The van der Waals surface area contributed by atoms with E-state index >= 15 is 0 Å². The van der Waals surface area contributed by atoms with Crippen molar-refractivity contribution >= 4 is 0 Å². The maximum atomic E-state index is 5.67. The lowest BCUT2D eigenvalue weighted by atomic mass is 9.81. The summed E-state index contributed by atoms with van der Waals surface area (Å²) in [6.07, 6.45) is 0.980. The molecule has 4 nitrogen and oxygen atoms in total. The van der Waals surface area contributed by atoms with Crippen molar-refractivity contribution in [1.82, 2.24) is 5.32 Å². The quantitative estimate of drug-likeness (QED) is 0.858. The van der Waals surface area contributed by atoms with E-state index in [0.717, 1.165) is 30.2 Å². The van der Waals surface area contributed by atoms with Gasteiger partial charge in [0.15, 0.2) is 11.5 Å². The molecule has 27 heavy (non-hydrogen) atoms. The molecule has 1 heterocycles. The van der Waals surface area contributed by atoms with Crippen molar-refractivity contribution in [2.75, 3.05) is 27.9 Å². The molecule has 0 spiro atoms. The first kappa shape index (κ1) is 19.6. The molecule has 146 valence electrons. The van der Waals surface area contributed by atoms with Crippen molar-refractivity contribution in [3.05, 3.63) is 52.1 Å². The molecule has 0 aliphatic carbocycles. The van der Waals surface area contributed by atoms with Gasteiger partial charge in [-0.1, -0.05) is 20.8 Å². The summed E-state index contributed by atoms with van der Waals surface area (Å²) in [5.74, 6) is 2.51. The van der Waals surface area contributed by atoms with E-state index in [2.05, 4.69) is 57.3 Å². The fourth-order valence-electron chi connectivity index (χ4n) is 3.92. The van der Waals surface area contributed by atoms with Crippen LogP contribution < -0.4 is 19.5 Å². The molecule has 1 aliphatic rings. The number of benzene rings is 2. The van der Waals surface area contributed by atoms with Crippen LogP contribution in [0.25, 0.3) is 0 Å². The highest BCUT2D eigenvalue weighted by Crippen LogP contribution is 2.41. The van der Waals surface area contributed by atoms with Gasteiger partial charge in [-0.05, 0) is 70.8 Å². The molecule has 3 rings (SSSR count). The van der Waals surface area contributed by atoms with Gasteiger partial charge in [-0.2, -0.15) is 0 Å². The Kier molecular flexibility index (Phi) is 5.38. The first-order valence-corrected chi connectivity index (χ1v) is 9.47. The molecule has 2 aromatic carbocycles. The van der Waals surface area contributed by atoms with Gasteiger partial charge in [0.05, 0.1) is 27.4 Å². The van der Waals surface area contributed by atoms with Crippen LogP contribution in [0.4, 0.5) is 0 Å². The number of ether oxygens (including phenoxy) is 3. The maximum Gasteiger partial charge on any atom is 0.161 e. The third kappa shape index (κ3) is 3.63. The van der Waals surface area contributed by atoms with Gasteiger partial charge in [-0.3, -0.25) is 0 Å². The lowest BCUT2D eigenvalue weighted by molar-refractivity contribution is 0.353. The number of aryl methyl sites for hydroxylation is 1. The van der Waals surface area contributed by atoms with Crippen LogP contribution in [0.15, 0.2) is 24.3 Å². The summed E-state index contributed by atoms with van der Waals surface area (Å²) in [7, 11) is 5.12. The molecule has 0 saturated carbocycles. The Morgan fingerprint density at radius 2 is 1.48 bits per heavy atom. The van der Waals surface area contributed by atoms with Gasteiger partial charge >= 0.3 is 0 Å². The third-order valence-corrected chi connectivity index (χ3v) is 5.41. The van der Waals surface area contributed by atoms with Crippen LogP contribution in [0.2, 0.25) is 0 Å². The molecule has 0 fully saturated rings. The van der Waals surface area contributed by atoms with E-state index < -0.39 is 0 Å². The van der Waals surface area contributed by atoms with E-state index in [9.17, 15) is 0 Å². The first-order valence-electron chi connectivity index (χ1n) is 9.47. The van der Waals surface area contributed by atoms with E-state index in [1.165, 1.54) is 27.8 Å². The van der Waals surface area contributed by atoms with Crippen molar-refractivity contribution in [2.24, 2.45) is 0 Å². The Hall–Kier alpha value is -2.20. The SMILES string of the molecule is COc1cc2c(cc1OC)C(c1cc(C(C)(C)C)c(OC)cc1C)NCC2. The Bertz CT molecular complexity index is 836. The largest absolute Gasteiger partial charge is 0.496 e. The lowest BCUT2D eigenvalue weighted by Gasteiger charge is -2.31. The van der Waals surface area contributed by atoms with Crippen LogP contribution in [0.5, 0.6) is 17.2 Å². The molecule has 0 amide bonds. The van der Waals surface area contributed by atoms with E-state index in [0.29, 0.717) is 0 Å². The Morgan fingerprint density at radius 1 is 0.852 bits per heavy atom. The van der Waals surface area contributed by atoms with Gasteiger partial charge in [-0.25, -0.2) is 0 Å². The standard InChI is InChI=1S/C23H31NO3/c1-14-10-19(25-5)18(23(2,3)4)12-16(14)22-17-13-21(27-7)20(26-6)11-15(17)8-9-24-22/h10-13,22,24H,8-9H2,1-7H3.